The van der Waals surface area contributed by atoms with Gasteiger partial charge in [-0.15, -0.1) is 5.48 Å². The third-order valence-electron chi connectivity index (χ3n) is 8.75. The fourth-order valence-corrected chi connectivity index (χ4v) is 6.61. The second kappa shape index (κ2) is 10.6. The SMILES string of the molecule is CO[C@@H]1C[C@@H](C)N(c2nc3cc(C4NOC(=O)N4)nc(-c4cncc(Cl)c4)c3n2C(C)C2CCC(C)CC2)C1. The number of nitrogens with zero attached hydrogens (tertiary/aromatic N) is 5. The van der Waals surface area contributed by atoms with Gasteiger partial charge in [-0.3, -0.25) is 10.3 Å². The van der Waals surface area contributed by atoms with Gasteiger partial charge in [-0.05, 0) is 57.1 Å². The molecule has 1 amide bonds. The Bertz CT molecular complexity index is 1370. The average molecular weight is 554 g/mol. The first-order valence-corrected chi connectivity index (χ1v) is 14.3. The molecule has 2 N–H and O–H groups in total. The van der Waals surface area contributed by atoms with Crippen molar-refractivity contribution in [1.82, 2.24) is 30.3 Å². The fraction of sp³-hybridized carbons (Fsp3) is 0.571. The van der Waals surface area contributed by atoms with Crippen LogP contribution >= 0.6 is 11.6 Å². The molecule has 3 aliphatic rings. The van der Waals surface area contributed by atoms with Crippen molar-refractivity contribution < 1.29 is 14.4 Å². The number of hydrogen-bond donors (Lipinski definition) is 2. The lowest BCUT2D eigenvalue weighted by Gasteiger charge is -2.34. The molecule has 10 nitrogen and oxygen atoms in total. The van der Waals surface area contributed by atoms with E-state index in [-0.39, 0.29) is 18.2 Å². The van der Waals surface area contributed by atoms with E-state index in [1.165, 1.54) is 25.7 Å². The first-order valence-electron chi connectivity index (χ1n) is 13.9. The number of pyridine rings is 2. The molecule has 0 radical (unpaired) electrons. The summed E-state index contributed by atoms with van der Waals surface area (Å²) in [5, 5.41) is 3.29. The first kappa shape index (κ1) is 26.3. The number of hydrogen-bond acceptors (Lipinski definition) is 8. The molecule has 0 bridgehead atoms. The Morgan fingerprint density at radius 1 is 1.15 bits per heavy atom. The Hall–Kier alpha value is -2.95. The number of anilines is 1. The van der Waals surface area contributed by atoms with E-state index in [0.29, 0.717) is 16.6 Å². The van der Waals surface area contributed by atoms with Crippen molar-refractivity contribution in [2.24, 2.45) is 11.8 Å². The van der Waals surface area contributed by atoms with Gasteiger partial charge < -0.3 is 19.0 Å². The molecule has 0 spiro atoms. The van der Waals surface area contributed by atoms with Crippen LogP contribution in [0, 0.1) is 11.8 Å². The third-order valence-corrected chi connectivity index (χ3v) is 8.96. The lowest BCUT2D eigenvalue weighted by molar-refractivity contribution is 0.118. The third kappa shape index (κ3) is 4.94. The number of carbonyl (C=O) groups excluding carboxylic acids is 1. The Labute approximate surface area is 233 Å². The van der Waals surface area contributed by atoms with Gasteiger partial charge in [-0.25, -0.2) is 14.8 Å². The van der Waals surface area contributed by atoms with E-state index in [9.17, 15) is 4.79 Å². The standard InChI is InChI=1S/C28H36ClN7O3/c1-15-5-7-18(8-6-15)17(3)36-25-22(32-27(36)35-14-21(38-4)9-16(35)2)11-23(26-33-28(37)39-34-26)31-24(25)19-10-20(29)13-30-12-19/h10-13,15-18,21,26,34H,5-9,14H2,1-4H3,(H,33,37)/t15?,16-,17?,18?,21-,26?/m1/s1. The predicted octanol–water partition coefficient (Wildman–Crippen LogP) is 5.39. The summed E-state index contributed by atoms with van der Waals surface area (Å²) in [6.45, 7) is 7.68. The van der Waals surface area contributed by atoms with Gasteiger partial charge in [0, 0.05) is 43.7 Å². The van der Waals surface area contributed by atoms with Crippen LogP contribution in [0.3, 0.4) is 0 Å². The van der Waals surface area contributed by atoms with Gasteiger partial charge in [-0.2, -0.15) is 0 Å². The lowest BCUT2D eigenvalue weighted by Crippen LogP contribution is -2.32. The molecule has 3 fully saturated rings. The maximum Gasteiger partial charge on any atom is 0.427 e. The molecule has 6 rings (SSSR count). The lowest BCUT2D eigenvalue weighted by atomic mass is 9.79. The predicted molar refractivity (Wildman–Crippen MR) is 149 cm³/mol. The molecule has 3 aromatic rings. The summed E-state index contributed by atoms with van der Waals surface area (Å²) in [6.07, 6.45) is 8.20. The van der Waals surface area contributed by atoms with Crippen molar-refractivity contribution in [3.05, 3.63) is 35.2 Å². The summed E-state index contributed by atoms with van der Waals surface area (Å²) in [7, 11) is 1.78. The summed E-state index contributed by atoms with van der Waals surface area (Å²) in [4.78, 5) is 33.8. The molecule has 0 aromatic carbocycles. The highest BCUT2D eigenvalue weighted by Crippen LogP contribution is 2.43. The highest BCUT2D eigenvalue weighted by molar-refractivity contribution is 6.30. The number of halogens is 1. The van der Waals surface area contributed by atoms with Crippen molar-refractivity contribution in [2.75, 3.05) is 18.6 Å². The first-order chi connectivity index (χ1) is 18.8. The minimum atomic E-state index is -0.595. The fourth-order valence-electron chi connectivity index (χ4n) is 6.44. The molecule has 4 atom stereocenters. The molecule has 2 aliphatic heterocycles. The van der Waals surface area contributed by atoms with Crippen molar-refractivity contribution >= 4 is 34.7 Å². The molecule has 11 heteroatoms. The molecule has 5 heterocycles. The molecule has 1 aliphatic carbocycles. The minimum Gasteiger partial charge on any atom is -0.380 e. The van der Waals surface area contributed by atoms with Crippen molar-refractivity contribution in [1.29, 1.82) is 0 Å². The monoisotopic (exact) mass is 553 g/mol. The summed E-state index contributed by atoms with van der Waals surface area (Å²) in [5.74, 6) is 2.22. The van der Waals surface area contributed by atoms with E-state index in [1.807, 2.05) is 12.1 Å². The molecule has 1 saturated carbocycles. The number of aromatic nitrogens is 4. The van der Waals surface area contributed by atoms with Gasteiger partial charge in [0.15, 0.2) is 6.17 Å². The molecule has 3 aromatic heterocycles. The Morgan fingerprint density at radius 2 is 1.95 bits per heavy atom. The van der Waals surface area contributed by atoms with E-state index >= 15 is 0 Å². The second-order valence-corrected chi connectivity index (χ2v) is 11.8. The van der Waals surface area contributed by atoms with E-state index in [2.05, 4.69) is 46.0 Å². The smallest absolute Gasteiger partial charge is 0.380 e. The molecule has 2 unspecified atom stereocenters. The number of ether oxygens (including phenoxy) is 1. The highest BCUT2D eigenvalue weighted by atomic mass is 35.5. The zero-order chi connectivity index (χ0) is 27.3. The highest BCUT2D eigenvalue weighted by Gasteiger charge is 2.37. The minimum absolute atomic E-state index is 0.152. The number of hydroxylamine groups is 1. The van der Waals surface area contributed by atoms with Crippen LogP contribution < -0.4 is 15.7 Å². The van der Waals surface area contributed by atoms with Gasteiger partial charge in [0.25, 0.3) is 0 Å². The van der Waals surface area contributed by atoms with Crippen LogP contribution in [-0.2, 0) is 9.57 Å². The molecule has 39 heavy (non-hydrogen) atoms. The summed E-state index contributed by atoms with van der Waals surface area (Å²) < 4.78 is 8.16. The number of fused-ring (bicyclic) bond motifs is 1. The van der Waals surface area contributed by atoms with Crippen molar-refractivity contribution in [2.45, 2.75) is 77.2 Å². The zero-order valence-corrected chi connectivity index (χ0v) is 23.6. The van der Waals surface area contributed by atoms with E-state index < -0.39 is 12.3 Å². The van der Waals surface area contributed by atoms with Gasteiger partial charge in [0.2, 0.25) is 5.95 Å². The van der Waals surface area contributed by atoms with Crippen LogP contribution in [0.1, 0.15) is 70.8 Å². The maximum atomic E-state index is 11.8. The zero-order valence-electron chi connectivity index (χ0n) is 22.9. The van der Waals surface area contributed by atoms with Crippen molar-refractivity contribution in [3.8, 4) is 11.3 Å². The number of carbonyl (C=O) groups is 1. The average Bonchev–Trinajstić information content (AvgIpc) is 3.64. The Balaban J connectivity index is 1.57. The van der Waals surface area contributed by atoms with Crippen LogP contribution in [0.25, 0.3) is 22.3 Å². The number of amides is 1. The summed E-state index contributed by atoms with van der Waals surface area (Å²) in [5.41, 5.74) is 6.60. The summed E-state index contributed by atoms with van der Waals surface area (Å²) in [6, 6.07) is 4.29. The van der Waals surface area contributed by atoms with Crippen LogP contribution in [0.5, 0.6) is 0 Å². The largest absolute Gasteiger partial charge is 0.427 e. The quantitative estimate of drug-likeness (QED) is 0.418. The molecular weight excluding hydrogens is 518 g/mol. The van der Waals surface area contributed by atoms with E-state index in [4.69, 9.17) is 31.1 Å². The molecular formula is C28H36ClN7O3. The molecule has 208 valence electrons. The van der Waals surface area contributed by atoms with Gasteiger partial charge in [-0.1, -0.05) is 31.4 Å². The van der Waals surface area contributed by atoms with Gasteiger partial charge >= 0.3 is 6.09 Å². The topological polar surface area (TPSA) is 106 Å². The van der Waals surface area contributed by atoms with Gasteiger partial charge in [0.05, 0.1) is 33.5 Å². The number of methoxy groups -OCH3 is 1. The molecule has 2 saturated heterocycles. The van der Waals surface area contributed by atoms with Gasteiger partial charge in [0.1, 0.15) is 0 Å². The Kier molecular flexibility index (Phi) is 7.11. The number of imidazole rings is 1. The van der Waals surface area contributed by atoms with Crippen LogP contribution in [0.4, 0.5) is 10.7 Å². The normalized spacial score (nSPS) is 28.1. The van der Waals surface area contributed by atoms with Crippen LogP contribution in [-0.4, -0.2) is 51.4 Å². The summed E-state index contributed by atoms with van der Waals surface area (Å²) >= 11 is 6.41. The van der Waals surface area contributed by atoms with E-state index in [1.54, 1.807) is 19.5 Å². The maximum absolute atomic E-state index is 11.8. The second-order valence-electron chi connectivity index (χ2n) is 11.4. The van der Waals surface area contributed by atoms with Crippen LogP contribution in [0.2, 0.25) is 5.02 Å². The van der Waals surface area contributed by atoms with E-state index in [0.717, 1.165) is 47.1 Å². The number of nitrogens with one attached hydrogen (secondary N) is 2. The van der Waals surface area contributed by atoms with Crippen molar-refractivity contribution in [3.63, 3.8) is 0 Å². The number of rotatable bonds is 6. The van der Waals surface area contributed by atoms with Crippen LogP contribution in [0.15, 0.2) is 24.5 Å². The Morgan fingerprint density at radius 3 is 2.62 bits per heavy atom.